The molecule has 0 spiro atoms. The molecule has 1 heterocycles. The van der Waals surface area contributed by atoms with Crippen LogP contribution in [0.5, 0.6) is 11.5 Å². The van der Waals surface area contributed by atoms with Gasteiger partial charge in [-0.05, 0) is 23.6 Å². The van der Waals surface area contributed by atoms with Crippen LogP contribution in [0.25, 0.3) is 0 Å². The lowest BCUT2D eigenvalue weighted by Crippen LogP contribution is -2.23. The second-order valence-electron chi connectivity index (χ2n) is 4.29. The van der Waals surface area contributed by atoms with E-state index in [1.54, 1.807) is 25.6 Å². The molecule has 5 nitrogen and oxygen atoms in total. The van der Waals surface area contributed by atoms with Crippen LogP contribution in [-0.2, 0) is 6.42 Å². The second kappa shape index (κ2) is 7.54. The molecule has 0 saturated carbocycles. The molecule has 0 amide bonds. The monoisotopic (exact) mass is 305 g/mol. The molecule has 1 aromatic heterocycles. The zero-order valence-electron chi connectivity index (χ0n) is 12.1. The minimum Gasteiger partial charge on any atom is -0.493 e. The van der Waals surface area contributed by atoms with E-state index in [4.69, 9.17) is 15.2 Å². The molecule has 0 aliphatic heterocycles. The van der Waals surface area contributed by atoms with Crippen molar-refractivity contribution in [3.63, 3.8) is 0 Å². The third-order valence-corrected chi connectivity index (χ3v) is 3.81. The fourth-order valence-corrected chi connectivity index (χ4v) is 2.54. The van der Waals surface area contributed by atoms with Crippen molar-refractivity contribution >= 4 is 23.0 Å². The number of guanidine groups is 1. The van der Waals surface area contributed by atoms with Crippen molar-refractivity contribution in [1.29, 1.82) is 0 Å². The summed E-state index contributed by atoms with van der Waals surface area (Å²) in [5, 5.41) is 5.10. The molecule has 0 aliphatic carbocycles. The number of thiophene rings is 1. The summed E-state index contributed by atoms with van der Waals surface area (Å²) in [6, 6.07) is 9.64. The zero-order valence-corrected chi connectivity index (χ0v) is 12.9. The van der Waals surface area contributed by atoms with Crippen LogP contribution in [0.4, 0.5) is 5.69 Å². The highest BCUT2D eigenvalue weighted by atomic mass is 32.1. The van der Waals surface area contributed by atoms with E-state index in [2.05, 4.69) is 21.8 Å². The smallest absolute Gasteiger partial charge is 0.193 e. The second-order valence-corrected chi connectivity index (χ2v) is 5.32. The van der Waals surface area contributed by atoms with Crippen LogP contribution in [0.3, 0.4) is 0 Å². The molecule has 2 aromatic rings. The third kappa shape index (κ3) is 4.39. The van der Waals surface area contributed by atoms with Crippen LogP contribution >= 0.6 is 11.3 Å². The van der Waals surface area contributed by atoms with E-state index in [9.17, 15) is 0 Å². The van der Waals surface area contributed by atoms with Crippen molar-refractivity contribution in [3.8, 4) is 11.5 Å². The van der Waals surface area contributed by atoms with Crippen LogP contribution in [0.1, 0.15) is 4.88 Å². The van der Waals surface area contributed by atoms with Crippen molar-refractivity contribution in [1.82, 2.24) is 0 Å². The average Bonchev–Trinajstić information content (AvgIpc) is 3.00. The van der Waals surface area contributed by atoms with Crippen molar-refractivity contribution in [2.24, 2.45) is 10.7 Å². The van der Waals surface area contributed by atoms with Gasteiger partial charge in [-0.25, -0.2) is 0 Å². The number of methoxy groups -OCH3 is 2. The van der Waals surface area contributed by atoms with Crippen molar-refractivity contribution in [3.05, 3.63) is 40.6 Å². The number of aliphatic imine (C=N–C) groups is 1. The number of rotatable bonds is 6. The molecule has 0 aliphatic rings. The first-order valence-corrected chi connectivity index (χ1v) is 7.42. The zero-order chi connectivity index (χ0) is 15.1. The summed E-state index contributed by atoms with van der Waals surface area (Å²) in [4.78, 5) is 5.61. The molecule has 0 unspecified atom stereocenters. The molecule has 0 bridgehead atoms. The predicted octanol–water partition coefficient (Wildman–Crippen LogP) is 2.73. The van der Waals surface area contributed by atoms with Gasteiger partial charge in [-0.1, -0.05) is 6.07 Å². The Hall–Kier alpha value is -2.21. The maximum atomic E-state index is 5.88. The van der Waals surface area contributed by atoms with Gasteiger partial charge in [0, 0.05) is 29.6 Å². The summed E-state index contributed by atoms with van der Waals surface area (Å²) in [5.41, 5.74) is 6.69. The molecule has 112 valence electrons. The number of benzene rings is 1. The van der Waals surface area contributed by atoms with Crippen LogP contribution in [0.15, 0.2) is 40.7 Å². The van der Waals surface area contributed by atoms with Gasteiger partial charge < -0.3 is 20.5 Å². The van der Waals surface area contributed by atoms with Crippen LogP contribution in [-0.4, -0.2) is 26.7 Å². The molecule has 2 rings (SSSR count). The van der Waals surface area contributed by atoms with Gasteiger partial charge >= 0.3 is 0 Å². The summed E-state index contributed by atoms with van der Waals surface area (Å²) in [6.45, 7) is 0.659. The van der Waals surface area contributed by atoms with E-state index >= 15 is 0 Å². The first kappa shape index (κ1) is 15.2. The summed E-state index contributed by atoms with van der Waals surface area (Å²) < 4.78 is 10.4. The number of nitrogens with zero attached hydrogens (tertiary/aromatic N) is 1. The number of hydrogen-bond donors (Lipinski definition) is 2. The highest BCUT2D eigenvalue weighted by Gasteiger charge is 2.05. The molecular formula is C15H19N3O2S. The van der Waals surface area contributed by atoms with E-state index in [0.717, 1.165) is 12.1 Å². The fraction of sp³-hybridized carbons (Fsp3) is 0.267. The number of anilines is 1. The minimum absolute atomic E-state index is 0.388. The van der Waals surface area contributed by atoms with Gasteiger partial charge in [0.2, 0.25) is 0 Å². The highest BCUT2D eigenvalue weighted by molar-refractivity contribution is 7.09. The molecule has 3 N–H and O–H groups in total. The Morgan fingerprint density at radius 1 is 1.24 bits per heavy atom. The fourth-order valence-electron chi connectivity index (χ4n) is 1.84. The van der Waals surface area contributed by atoms with Crippen LogP contribution < -0.4 is 20.5 Å². The van der Waals surface area contributed by atoms with Gasteiger partial charge in [0.15, 0.2) is 17.5 Å². The van der Waals surface area contributed by atoms with Gasteiger partial charge in [-0.15, -0.1) is 11.3 Å². The largest absolute Gasteiger partial charge is 0.493 e. The van der Waals surface area contributed by atoms with Crippen molar-refractivity contribution in [2.75, 3.05) is 26.1 Å². The van der Waals surface area contributed by atoms with E-state index in [1.807, 2.05) is 24.3 Å². The quantitative estimate of drug-likeness (QED) is 0.636. The Morgan fingerprint density at radius 2 is 2.05 bits per heavy atom. The Morgan fingerprint density at radius 3 is 2.71 bits per heavy atom. The lowest BCUT2D eigenvalue weighted by Gasteiger charge is -2.10. The first-order valence-electron chi connectivity index (χ1n) is 6.54. The van der Waals surface area contributed by atoms with Gasteiger partial charge in [-0.2, -0.15) is 0 Å². The Balaban J connectivity index is 1.93. The standard InChI is InChI=1S/C15H19N3O2S/c1-19-13-6-5-11(10-14(13)20-2)18-15(16)17-8-7-12-4-3-9-21-12/h3-6,9-10H,7-8H2,1-2H3,(H3,16,17,18). The summed E-state index contributed by atoms with van der Waals surface area (Å²) >= 11 is 1.73. The Bertz CT molecular complexity index is 597. The number of ether oxygens (including phenoxy) is 2. The Kier molecular flexibility index (Phi) is 5.45. The maximum Gasteiger partial charge on any atom is 0.193 e. The molecule has 6 heteroatoms. The van der Waals surface area contributed by atoms with E-state index in [-0.39, 0.29) is 0 Å². The summed E-state index contributed by atoms with van der Waals surface area (Å²) in [6.07, 6.45) is 0.895. The third-order valence-electron chi connectivity index (χ3n) is 2.88. The lowest BCUT2D eigenvalue weighted by molar-refractivity contribution is 0.355. The molecule has 0 fully saturated rings. The lowest BCUT2D eigenvalue weighted by atomic mass is 10.3. The first-order chi connectivity index (χ1) is 10.2. The number of nitrogens with one attached hydrogen (secondary N) is 1. The van der Waals surface area contributed by atoms with Gasteiger partial charge in [0.1, 0.15) is 0 Å². The maximum absolute atomic E-state index is 5.88. The van der Waals surface area contributed by atoms with Crippen molar-refractivity contribution < 1.29 is 9.47 Å². The average molecular weight is 305 g/mol. The van der Waals surface area contributed by atoms with Gasteiger partial charge in [-0.3, -0.25) is 4.99 Å². The van der Waals surface area contributed by atoms with Gasteiger partial charge in [0.05, 0.1) is 14.2 Å². The predicted molar refractivity (Wildman–Crippen MR) is 87.7 cm³/mol. The van der Waals surface area contributed by atoms with Gasteiger partial charge in [0.25, 0.3) is 0 Å². The molecule has 0 radical (unpaired) electrons. The molecule has 21 heavy (non-hydrogen) atoms. The number of hydrogen-bond acceptors (Lipinski definition) is 4. The summed E-state index contributed by atoms with van der Waals surface area (Å²) in [7, 11) is 3.20. The van der Waals surface area contributed by atoms with E-state index in [0.29, 0.717) is 24.0 Å². The topological polar surface area (TPSA) is 68.9 Å². The molecule has 0 atom stereocenters. The summed E-state index contributed by atoms with van der Waals surface area (Å²) in [5.74, 6) is 1.71. The Labute approximate surface area is 128 Å². The minimum atomic E-state index is 0.388. The number of nitrogens with two attached hydrogens (primary N) is 1. The van der Waals surface area contributed by atoms with Crippen LogP contribution in [0.2, 0.25) is 0 Å². The van der Waals surface area contributed by atoms with E-state index in [1.165, 1.54) is 4.88 Å². The van der Waals surface area contributed by atoms with Crippen LogP contribution in [0, 0.1) is 0 Å². The molecular weight excluding hydrogens is 286 g/mol. The highest BCUT2D eigenvalue weighted by Crippen LogP contribution is 2.29. The van der Waals surface area contributed by atoms with Crippen molar-refractivity contribution in [2.45, 2.75) is 6.42 Å². The normalized spacial score (nSPS) is 11.2. The van der Waals surface area contributed by atoms with E-state index < -0.39 is 0 Å². The molecule has 1 aromatic carbocycles. The molecule has 0 saturated heterocycles. The SMILES string of the molecule is COc1ccc(NC(N)=NCCc2cccs2)cc1OC.